The number of aliphatic hydroxyl groups excluding tert-OH is 2. The molecule has 2 saturated carbocycles. The predicted molar refractivity (Wildman–Crippen MR) is 84.2 cm³/mol. The van der Waals surface area contributed by atoms with Crippen molar-refractivity contribution in [2.75, 3.05) is 0 Å². The fourth-order valence-electron chi connectivity index (χ4n) is 3.92. The highest BCUT2D eigenvalue weighted by Gasteiger charge is 2.58. The minimum atomic E-state index is -3.92. The van der Waals surface area contributed by atoms with Gasteiger partial charge in [-0.15, -0.1) is 11.3 Å². The van der Waals surface area contributed by atoms with Gasteiger partial charge in [0, 0.05) is 15.5 Å². The van der Waals surface area contributed by atoms with Gasteiger partial charge in [0.2, 0.25) is 10.0 Å². The van der Waals surface area contributed by atoms with Crippen molar-refractivity contribution in [3.05, 3.63) is 29.4 Å². The van der Waals surface area contributed by atoms with E-state index < -0.39 is 33.6 Å². The number of rotatable bonds is 3. The fraction of sp³-hybridized carbons (Fsp3) is 0.467. The van der Waals surface area contributed by atoms with Gasteiger partial charge in [-0.1, -0.05) is 0 Å². The second-order valence-corrected chi connectivity index (χ2v) is 9.00. The van der Waals surface area contributed by atoms with Crippen molar-refractivity contribution in [1.82, 2.24) is 4.72 Å². The van der Waals surface area contributed by atoms with Crippen molar-refractivity contribution in [2.24, 2.45) is 5.92 Å². The van der Waals surface area contributed by atoms with Crippen LogP contribution in [0.3, 0.4) is 0 Å². The molecule has 0 radical (unpaired) electrons. The van der Waals surface area contributed by atoms with Crippen LogP contribution >= 0.6 is 11.3 Å². The van der Waals surface area contributed by atoms with E-state index in [2.05, 4.69) is 4.72 Å². The third-order valence-corrected chi connectivity index (χ3v) is 7.79. The summed E-state index contributed by atoms with van der Waals surface area (Å²) in [6.45, 7) is 0. The third-order valence-electron chi connectivity index (χ3n) is 5.09. The van der Waals surface area contributed by atoms with Gasteiger partial charge in [-0.05, 0) is 43.4 Å². The minimum Gasteiger partial charge on any atom is -0.390 e. The molecule has 2 fully saturated rings. The fourth-order valence-corrected chi connectivity index (χ4v) is 6.85. The van der Waals surface area contributed by atoms with Gasteiger partial charge in [0.15, 0.2) is 0 Å². The normalized spacial score (nSPS) is 33.6. The maximum absolute atomic E-state index is 13.5. The molecular weight excluding hydrogens is 341 g/mol. The topological polar surface area (TPSA) is 86.6 Å². The van der Waals surface area contributed by atoms with E-state index in [1.807, 2.05) is 0 Å². The molecule has 0 saturated heterocycles. The lowest BCUT2D eigenvalue weighted by Crippen LogP contribution is -2.56. The number of hydrogen-bond acceptors (Lipinski definition) is 5. The molecule has 124 valence electrons. The average Bonchev–Trinajstić information content (AvgIpc) is 3.14. The Morgan fingerprint density at radius 1 is 1.35 bits per heavy atom. The second kappa shape index (κ2) is 4.97. The van der Waals surface area contributed by atoms with E-state index in [0.29, 0.717) is 29.3 Å². The van der Waals surface area contributed by atoms with Gasteiger partial charge in [0.1, 0.15) is 10.7 Å². The average molecular weight is 357 g/mol. The van der Waals surface area contributed by atoms with E-state index in [0.717, 1.165) is 0 Å². The lowest BCUT2D eigenvalue weighted by molar-refractivity contribution is -0.0283. The Bertz CT molecular complexity index is 881. The van der Waals surface area contributed by atoms with Gasteiger partial charge in [-0.3, -0.25) is 0 Å². The summed E-state index contributed by atoms with van der Waals surface area (Å²) in [5.74, 6) is -0.577. The number of hydrogen-bond donors (Lipinski definition) is 3. The first-order chi connectivity index (χ1) is 10.8. The van der Waals surface area contributed by atoms with E-state index in [-0.39, 0.29) is 10.8 Å². The highest BCUT2D eigenvalue weighted by atomic mass is 32.2. The molecule has 4 rings (SSSR count). The zero-order valence-electron chi connectivity index (χ0n) is 12.1. The van der Waals surface area contributed by atoms with Crippen molar-refractivity contribution in [1.29, 1.82) is 0 Å². The number of sulfonamides is 1. The Hall–Kier alpha value is -1.06. The van der Waals surface area contributed by atoms with E-state index in [1.54, 1.807) is 6.07 Å². The Morgan fingerprint density at radius 3 is 2.83 bits per heavy atom. The molecule has 0 amide bonds. The van der Waals surface area contributed by atoms with Crippen LogP contribution in [0, 0.1) is 11.7 Å². The summed E-state index contributed by atoms with van der Waals surface area (Å²) in [7, 11) is -3.92. The number of fused-ring (bicyclic) bond motifs is 3. The van der Waals surface area contributed by atoms with Crippen molar-refractivity contribution >= 4 is 31.4 Å². The van der Waals surface area contributed by atoms with Crippen LogP contribution in [0.1, 0.15) is 19.3 Å². The van der Waals surface area contributed by atoms with Crippen LogP contribution < -0.4 is 4.72 Å². The monoisotopic (exact) mass is 357 g/mol. The molecule has 0 spiro atoms. The van der Waals surface area contributed by atoms with Crippen molar-refractivity contribution in [3.8, 4) is 0 Å². The van der Waals surface area contributed by atoms with Crippen LogP contribution in [-0.4, -0.2) is 36.4 Å². The van der Waals surface area contributed by atoms with Crippen LogP contribution in [0.4, 0.5) is 4.39 Å². The van der Waals surface area contributed by atoms with Crippen molar-refractivity contribution in [2.45, 2.75) is 41.9 Å². The summed E-state index contributed by atoms with van der Waals surface area (Å²) < 4.78 is 42.3. The molecule has 2 aliphatic carbocycles. The molecule has 2 aromatic rings. The zero-order valence-corrected chi connectivity index (χ0v) is 13.7. The molecule has 4 atom stereocenters. The predicted octanol–water partition coefficient (Wildman–Crippen LogP) is 1.59. The lowest BCUT2D eigenvalue weighted by Gasteiger charge is -2.34. The Kier molecular flexibility index (Phi) is 3.34. The van der Waals surface area contributed by atoms with Gasteiger partial charge in [-0.25, -0.2) is 17.5 Å². The Balaban J connectivity index is 1.74. The van der Waals surface area contributed by atoms with Crippen LogP contribution in [0.5, 0.6) is 0 Å². The first-order valence-electron chi connectivity index (χ1n) is 7.39. The number of nitrogens with one attached hydrogen (secondary N) is 1. The first-order valence-corrected chi connectivity index (χ1v) is 9.76. The lowest BCUT2D eigenvalue weighted by atomic mass is 9.90. The summed E-state index contributed by atoms with van der Waals surface area (Å²) >= 11 is 1.23. The molecule has 1 aromatic heterocycles. The maximum atomic E-state index is 13.5. The molecule has 8 heteroatoms. The Morgan fingerprint density at radius 2 is 2.13 bits per heavy atom. The summed E-state index contributed by atoms with van der Waals surface area (Å²) in [5, 5.41) is 22.0. The van der Waals surface area contributed by atoms with Gasteiger partial charge in [-0.2, -0.15) is 0 Å². The van der Waals surface area contributed by atoms with Gasteiger partial charge in [0.05, 0.1) is 17.7 Å². The first kappa shape index (κ1) is 15.5. The number of benzene rings is 1. The smallest absolute Gasteiger partial charge is 0.242 e. The molecule has 2 unspecified atom stereocenters. The van der Waals surface area contributed by atoms with Crippen molar-refractivity contribution in [3.63, 3.8) is 0 Å². The molecule has 2 aliphatic rings. The molecule has 1 aromatic carbocycles. The molecule has 1 heterocycles. The van der Waals surface area contributed by atoms with Crippen molar-refractivity contribution < 1.29 is 23.0 Å². The largest absolute Gasteiger partial charge is 0.390 e. The highest BCUT2D eigenvalue weighted by Crippen LogP contribution is 2.48. The van der Waals surface area contributed by atoms with Crippen LogP contribution in [0.25, 0.3) is 10.1 Å². The molecular formula is C15H16FNO4S2. The summed E-state index contributed by atoms with van der Waals surface area (Å²) in [4.78, 5) is 0.0171. The summed E-state index contributed by atoms with van der Waals surface area (Å²) in [5.41, 5.74) is -1.02. The van der Waals surface area contributed by atoms with Crippen LogP contribution in [0.2, 0.25) is 0 Å². The van der Waals surface area contributed by atoms with Gasteiger partial charge < -0.3 is 10.2 Å². The van der Waals surface area contributed by atoms with E-state index >= 15 is 0 Å². The maximum Gasteiger partial charge on any atom is 0.242 e. The summed E-state index contributed by atoms with van der Waals surface area (Å²) in [6.07, 6.45) is -0.420. The van der Waals surface area contributed by atoms with Crippen LogP contribution in [0.15, 0.2) is 28.5 Å². The van der Waals surface area contributed by atoms with E-state index in [9.17, 15) is 23.0 Å². The van der Waals surface area contributed by atoms with E-state index in [4.69, 9.17) is 0 Å². The molecule has 5 nitrogen and oxygen atoms in total. The highest BCUT2D eigenvalue weighted by molar-refractivity contribution is 7.90. The number of halogens is 1. The summed E-state index contributed by atoms with van der Waals surface area (Å²) in [6, 6.07) is 4.04. The molecule has 3 N–H and O–H groups in total. The zero-order chi connectivity index (χ0) is 16.4. The minimum absolute atomic E-state index is 0.0171. The van der Waals surface area contributed by atoms with E-state index in [1.165, 1.54) is 28.8 Å². The molecule has 2 bridgehead atoms. The standard InChI is InChI=1S/C15H16FNO4S2/c16-9-1-2-11-10(5-9)12(7-22-11)23(20,21)17-15-4-3-8(6-15)13(18)14(15)19/h1-2,5,7-8,13-14,17-19H,3-4,6H2/t8?,13-,14-,15?/m0/s1. The quantitative estimate of drug-likeness (QED) is 0.779. The van der Waals surface area contributed by atoms with Gasteiger partial charge >= 0.3 is 0 Å². The van der Waals surface area contributed by atoms with Crippen LogP contribution in [-0.2, 0) is 10.0 Å². The number of thiophene rings is 1. The SMILES string of the molecule is O=S(=O)(NC12CCC(C1)[C@H](O)[C@@H]2O)c1csc2ccc(F)cc12. The molecule has 0 aliphatic heterocycles. The van der Waals surface area contributed by atoms with Gasteiger partial charge in [0.25, 0.3) is 0 Å². The third kappa shape index (κ3) is 2.24. The Labute approximate surface area is 136 Å². The second-order valence-electron chi connectivity index (χ2n) is 6.44. The molecule has 23 heavy (non-hydrogen) atoms. The number of aliphatic hydroxyl groups is 2.